The van der Waals surface area contributed by atoms with Crippen LogP contribution in [0.5, 0.6) is 0 Å². The highest BCUT2D eigenvalue weighted by Crippen LogP contribution is 2.25. The molecular formula is C14H32N2. The maximum absolute atomic E-state index is 3.50. The summed E-state index contributed by atoms with van der Waals surface area (Å²) in [5.74, 6) is 0.830. The average Bonchev–Trinajstić information content (AvgIpc) is 2.13. The van der Waals surface area contributed by atoms with Gasteiger partial charge in [-0.25, -0.2) is 0 Å². The van der Waals surface area contributed by atoms with Crippen molar-refractivity contribution in [3.8, 4) is 0 Å². The Morgan fingerprint density at radius 1 is 0.938 bits per heavy atom. The van der Waals surface area contributed by atoms with Crippen LogP contribution in [0.1, 0.15) is 53.9 Å². The predicted molar refractivity (Wildman–Crippen MR) is 73.9 cm³/mol. The fraction of sp³-hybridized carbons (Fsp3) is 1.00. The largest absolute Gasteiger partial charge is 0.315 e. The molecule has 0 saturated heterocycles. The molecule has 0 aliphatic heterocycles. The van der Waals surface area contributed by atoms with Crippen molar-refractivity contribution in [1.82, 2.24) is 10.6 Å². The van der Waals surface area contributed by atoms with Gasteiger partial charge in [0, 0.05) is 13.1 Å². The zero-order valence-electron chi connectivity index (χ0n) is 12.0. The van der Waals surface area contributed by atoms with Gasteiger partial charge in [-0.05, 0) is 43.7 Å². The molecule has 0 saturated carbocycles. The van der Waals surface area contributed by atoms with Crippen molar-refractivity contribution in [2.24, 2.45) is 11.3 Å². The first kappa shape index (κ1) is 15.9. The van der Waals surface area contributed by atoms with Gasteiger partial charge in [0.25, 0.3) is 0 Å². The van der Waals surface area contributed by atoms with E-state index in [1.807, 2.05) is 0 Å². The van der Waals surface area contributed by atoms with E-state index in [4.69, 9.17) is 0 Å². The molecule has 2 N–H and O–H groups in total. The summed E-state index contributed by atoms with van der Waals surface area (Å²) in [5.41, 5.74) is 0.474. The Hall–Kier alpha value is -0.0800. The molecule has 0 aliphatic rings. The first-order valence-corrected chi connectivity index (χ1v) is 6.87. The molecule has 0 spiro atoms. The van der Waals surface area contributed by atoms with Gasteiger partial charge in [-0.2, -0.15) is 0 Å². The molecule has 16 heavy (non-hydrogen) atoms. The fourth-order valence-corrected chi connectivity index (χ4v) is 2.10. The van der Waals surface area contributed by atoms with Crippen molar-refractivity contribution in [3.05, 3.63) is 0 Å². The minimum atomic E-state index is 0.474. The summed E-state index contributed by atoms with van der Waals surface area (Å²) in [6, 6.07) is 0. The van der Waals surface area contributed by atoms with Crippen LogP contribution in [0.15, 0.2) is 0 Å². The summed E-state index contributed by atoms with van der Waals surface area (Å²) in [5, 5.41) is 6.90. The van der Waals surface area contributed by atoms with Crippen LogP contribution >= 0.6 is 0 Å². The van der Waals surface area contributed by atoms with Crippen LogP contribution in [-0.2, 0) is 0 Å². The van der Waals surface area contributed by atoms with Crippen LogP contribution < -0.4 is 10.6 Å². The smallest absolute Gasteiger partial charge is 0.00767 e. The van der Waals surface area contributed by atoms with Gasteiger partial charge >= 0.3 is 0 Å². The number of nitrogens with one attached hydrogen (secondary N) is 2. The van der Waals surface area contributed by atoms with Crippen molar-refractivity contribution in [1.29, 1.82) is 0 Å². The third-order valence-electron chi connectivity index (χ3n) is 2.68. The van der Waals surface area contributed by atoms with Crippen LogP contribution in [0.4, 0.5) is 0 Å². The maximum atomic E-state index is 3.50. The van der Waals surface area contributed by atoms with Gasteiger partial charge in [-0.3, -0.25) is 0 Å². The van der Waals surface area contributed by atoms with Crippen LogP contribution in [0.2, 0.25) is 0 Å². The molecular weight excluding hydrogens is 196 g/mol. The van der Waals surface area contributed by atoms with Gasteiger partial charge in [0.05, 0.1) is 0 Å². The Balaban J connectivity index is 3.25. The first-order valence-electron chi connectivity index (χ1n) is 6.87. The Kier molecular flexibility index (Phi) is 8.96. The van der Waals surface area contributed by atoms with Gasteiger partial charge in [0.15, 0.2) is 0 Å². The number of hydrogen-bond acceptors (Lipinski definition) is 2. The molecule has 0 fully saturated rings. The van der Waals surface area contributed by atoms with Crippen LogP contribution in [0.3, 0.4) is 0 Å². The summed E-state index contributed by atoms with van der Waals surface area (Å²) in [7, 11) is 0. The van der Waals surface area contributed by atoms with Gasteiger partial charge in [0.1, 0.15) is 0 Å². The Morgan fingerprint density at radius 3 is 2.00 bits per heavy atom. The van der Waals surface area contributed by atoms with E-state index in [-0.39, 0.29) is 0 Å². The molecule has 98 valence electrons. The van der Waals surface area contributed by atoms with E-state index in [0.29, 0.717) is 5.41 Å². The van der Waals surface area contributed by atoms with E-state index in [2.05, 4.69) is 45.3 Å². The van der Waals surface area contributed by atoms with E-state index in [9.17, 15) is 0 Å². The zero-order valence-corrected chi connectivity index (χ0v) is 12.0. The highest BCUT2D eigenvalue weighted by atomic mass is 14.9. The summed E-state index contributed by atoms with van der Waals surface area (Å²) in [6.07, 6.45) is 3.84. The lowest BCUT2D eigenvalue weighted by Gasteiger charge is -2.23. The predicted octanol–water partition coefficient (Wildman–Crippen LogP) is 3.04. The van der Waals surface area contributed by atoms with E-state index < -0.39 is 0 Å². The normalized spacial score (nSPS) is 14.1. The molecule has 0 bridgehead atoms. The molecule has 0 radical (unpaired) electrons. The highest BCUT2D eigenvalue weighted by molar-refractivity contribution is 4.67. The topological polar surface area (TPSA) is 24.1 Å². The first-order chi connectivity index (χ1) is 7.45. The summed E-state index contributed by atoms with van der Waals surface area (Å²) in [4.78, 5) is 0. The monoisotopic (exact) mass is 228 g/mol. The molecule has 0 amide bonds. The highest BCUT2D eigenvalue weighted by Gasteiger charge is 2.14. The third-order valence-corrected chi connectivity index (χ3v) is 2.68. The van der Waals surface area contributed by atoms with Gasteiger partial charge in [-0.1, -0.05) is 34.6 Å². The van der Waals surface area contributed by atoms with Crippen molar-refractivity contribution in [2.75, 3.05) is 26.2 Å². The van der Waals surface area contributed by atoms with Crippen molar-refractivity contribution in [3.63, 3.8) is 0 Å². The molecule has 0 aromatic rings. The van der Waals surface area contributed by atoms with E-state index in [1.54, 1.807) is 0 Å². The van der Waals surface area contributed by atoms with Crippen LogP contribution in [0.25, 0.3) is 0 Å². The fourth-order valence-electron chi connectivity index (χ4n) is 2.10. The lowest BCUT2D eigenvalue weighted by atomic mass is 9.84. The van der Waals surface area contributed by atoms with Gasteiger partial charge < -0.3 is 10.6 Å². The Labute approximate surface area is 103 Å². The molecule has 2 nitrogen and oxygen atoms in total. The number of hydrogen-bond donors (Lipinski definition) is 2. The minimum Gasteiger partial charge on any atom is -0.315 e. The standard InChI is InChI=1S/C14H32N2/c1-6-8-15-10-11-16-9-7-13(2)12-14(3,4)5/h13,15-16H,6-12H2,1-5H3. The maximum Gasteiger partial charge on any atom is 0.00767 e. The minimum absolute atomic E-state index is 0.474. The molecule has 1 unspecified atom stereocenters. The van der Waals surface area contributed by atoms with Crippen LogP contribution in [-0.4, -0.2) is 26.2 Å². The second-order valence-electron chi connectivity index (χ2n) is 6.16. The lowest BCUT2D eigenvalue weighted by Crippen LogP contribution is -2.29. The van der Waals surface area contributed by atoms with E-state index in [0.717, 1.165) is 32.1 Å². The van der Waals surface area contributed by atoms with Crippen molar-refractivity contribution < 1.29 is 0 Å². The summed E-state index contributed by atoms with van der Waals surface area (Å²) < 4.78 is 0. The second kappa shape index (κ2) is 9.00. The quantitative estimate of drug-likeness (QED) is 0.593. The molecule has 0 rings (SSSR count). The molecule has 0 aromatic heterocycles. The SMILES string of the molecule is CCCNCCNCCC(C)CC(C)(C)C. The molecule has 1 atom stereocenters. The molecule has 0 aromatic carbocycles. The molecule has 0 aliphatic carbocycles. The summed E-state index contributed by atoms with van der Waals surface area (Å²) >= 11 is 0. The summed E-state index contributed by atoms with van der Waals surface area (Å²) in [6.45, 7) is 16.0. The lowest BCUT2D eigenvalue weighted by molar-refractivity contribution is 0.295. The van der Waals surface area contributed by atoms with Gasteiger partial charge in [0.2, 0.25) is 0 Å². The van der Waals surface area contributed by atoms with E-state index >= 15 is 0 Å². The third kappa shape index (κ3) is 12.0. The van der Waals surface area contributed by atoms with Crippen LogP contribution in [0, 0.1) is 11.3 Å². The number of rotatable bonds is 9. The van der Waals surface area contributed by atoms with E-state index in [1.165, 1.54) is 19.3 Å². The molecule has 0 heterocycles. The molecule has 2 heteroatoms. The average molecular weight is 228 g/mol. The zero-order chi connectivity index (χ0) is 12.4. The van der Waals surface area contributed by atoms with Crippen molar-refractivity contribution in [2.45, 2.75) is 53.9 Å². The Bertz CT molecular complexity index is 149. The van der Waals surface area contributed by atoms with Crippen molar-refractivity contribution >= 4 is 0 Å². The van der Waals surface area contributed by atoms with Gasteiger partial charge in [-0.15, -0.1) is 0 Å². The second-order valence-corrected chi connectivity index (χ2v) is 6.16. The Morgan fingerprint density at radius 2 is 1.50 bits per heavy atom.